The molecule has 1 fully saturated rings. The molecule has 1 aliphatic heterocycles. The van der Waals surface area contributed by atoms with E-state index in [1.165, 1.54) is 6.33 Å². The van der Waals surface area contributed by atoms with Crippen LogP contribution < -0.4 is 21.1 Å². The number of anilines is 2. The van der Waals surface area contributed by atoms with Crippen molar-refractivity contribution in [1.82, 2.24) is 34.6 Å². The lowest BCUT2D eigenvalue weighted by Gasteiger charge is -2.23. The number of benzene rings is 2. The molecule has 192 valence electrons. The largest absolute Gasteiger partial charge is 0.495 e. The molecule has 0 spiro atoms. The van der Waals surface area contributed by atoms with Gasteiger partial charge >= 0.3 is 0 Å². The van der Waals surface area contributed by atoms with E-state index in [4.69, 9.17) is 15.6 Å². The molecule has 4 heterocycles. The summed E-state index contributed by atoms with van der Waals surface area (Å²) in [5.41, 5.74) is 10.5. The van der Waals surface area contributed by atoms with Crippen molar-refractivity contribution >= 4 is 28.4 Å². The Morgan fingerprint density at radius 2 is 1.95 bits per heavy atom. The number of amides is 1. The van der Waals surface area contributed by atoms with E-state index in [1.807, 2.05) is 39.7 Å². The average molecular weight is 510 g/mol. The second kappa shape index (κ2) is 9.94. The highest BCUT2D eigenvalue weighted by atomic mass is 16.5. The van der Waals surface area contributed by atoms with Crippen molar-refractivity contribution in [2.45, 2.75) is 18.9 Å². The van der Waals surface area contributed by atoms with Crippen LogP contribution in [0, 0.1) is 0 Å². The van der Waals surface area contributed by atoms with Crippen molar-refractivity contribution in [2.75, 3.05) is 31.2 Å². The molecule has 38 heavy (non-hydrogen) atoms. The van der Waals surface area contributed by atoms with Gasteiger partial charge in [-0.1, -0.05) is 6.07 Å². The van der Waals surface area contributed by atoms with Crippen LogP contribution in [0.5, 0.6) is 5.75 Å². The number of nitrogens with two attached hydrogens (primary N) is 1. The predicted octanol–water partition coefficient (Wildman–Crippen LogP) is 3.45. The number of nitrogen functional groups attached to an aromatic ring is 1. The average Bonchev–Trinajstić information content (AvgIpc) is 3.63. The highest BCUT2D eigenvalue weighted by Crippen LogP contribution is 2.37. The van der Waals surface area contributed by atoms with Crippen molar-refractivity contribution < 1.29 is 9.53 Å². The Bertz CT molecular complexity index is 1590. The van der Waals surface area contributed by atoms with Crippen LogP contribution in [-0.4, -0.2) is 55.4 Å². The summed E-state index contributed by atoms with van der Waals surface area (Å²) in [4.78, 5) is 25.8. The number of rotatable bonds is 6. The van der Waals surface area contributed by atoms with E-state index in [1.54, 1.807) is 37.8 Å². The van der Waals surface area contributed by atoms with Crippen LogP contribution in [0.4, 0.5) is 11.5 Å². The number of carbonyl (C=O) groups is 1. The summed E-state index contributed by atoms with van der Waals surface area (Å²) in [6, 6.07) is 13.0. The maximum Gasteiger partial charge on any atom is 0.255 e. The zero-order chi connectivity index (χ0) is 26.1. The number of hydrogen-bond donors (Lipinski definition) is 3. The molecule has 2 aromatic carbocycles. The molecular formula is C27H27N9O2. The number of piperidine rings is 1. The Hall–Kier alpha value is -4.77. The van der Waals surface area contributed by atoms with E-state index in [0.29, 0.717) is 33.9 Å². The third-order valence-electron chi connectivity index (χ3n) is 6.83. The van der Waals surface area contributed by atoms with Gasteiger partial charge in [0.1, 0.15) is 23.6 Å². The Morgan fingerprint density at radius 3 is 2.68 bits per heavy atom. The van der Waals surface area contributed by atoms with E-state index >= 15 is 0 Å². The first-order chi connectivity index (χ1) is 18.6. The first-order valence-electron chi connectivity index (χ1n) is 12.4. The number of methoxy groups -OCH3 is 1. The Morgan fingerprint density at radius 1 is 1.13 bits per heavy atom. The van der Waals surface area contributed by atoms with Crippen LogP contribution in [0.1, 0.15) is 29.2 Å². The molecule has 0 radical (unpaired) electrons. The standard InChI is InChI=1S/C27H27N9O2/c1-38-22-14-18(24-23-25(28)31-15-32-26(23)36(34-24)20-8-10-29-11-9-20)4-7-21(22)33-27(37)17-2-5-19(6-3-17)35-13-12-30-16-35/h2-7,12-16,20,29H,8-11H2,1H3,(H,33,37)(H2,28,31,32). The van der Waals surface area contributed by atoms with Gasteiger partial charge in [0.05, 0.1) is 30.6 Å². The highest BCUT2D eigenvalue weighted by molar-refractivity contribution is 6.05. The summed E-state index contributed by atoms with van der Waals surface area (Å²) < 4.78 is 9.49. The molecule has 1 amide bonds. The van der Waals surface area contributed by atoms with Gasteiger partial charge in [0.2, 0.25) is 0 Å². The van der Waals surface area contributed by atoms with E-state index in [2.05, 4.69) is 25.6 Å². The van der Waals surface area contributed by atoms with Gasteiger partial charge in [-0.2, -0.15) is 5.10 Å². The summed E-state index contributed by atoms with van der Waals surface area (Å²) >= 11 is 0. The first kappa shape index (κ1) is 23.6. The first-order valence-corrected chi connectivity index (χ1v) is 12.4. The molecule has 11 nitrogen and oxygen atoms in total. The molecule has 11 heteroatoms. The van der Waals surface area contributed by atoms with Gasteiger partial charge in [0.25, 0.3) is 5.91 Å². The van der Waals surface area contributed by atoms with E-state index in [0.717, 1.165) is 42.8 Å². The monoisotopic (exact) mass is 509 g/mol. The molecular weight excluding hydrogens is 482 g/mol. The number of aromatic nitrogens is 6. The van der Waals surface area contributed by atoms with Gasteiger partial charge in [-0.3, -0.25) is 4.79 Å². The summed E-state index contributed by atoms with van der Waals surface area (Å²) in [7, 11) is 1.57. The second-order valence-corrected chi connectivity index (χ2v) is 9.12. The quantitative estimate of drug-likeness (QED) is 0.316. The van der Waals surface area contributed by atoms with Crippen LogP contribution in [-0.2, 0) is 0 Å². The summed E-state index contributed by atoms with van der Waals surface area (Å²) in [6.45, 7) is 1.85. The second-order valence-electron chi connectivity index (χ2n) is 9.12. The predicted molar refractivity (Wildman–Crippen MR) is 144 cm³/mol. The Balaban J connectivity index is 1.30. The highest BCUT2D eigenvalue weighted by Gasteiger charge is 2.24. The number of nitrogens with zero attached hydrogens (tertiary/aromatic N) is 6. The summed E-state index contributed by atoms with van der Waals surface area (Å²) in [5, 5.41) is 12.0. The fraction of sp³-hybridized carbons (Fsp3) is 0.222. The number of ether oxygens (including phenoxy) is 1. The lowest BCUT2D eigenvalue weighted by molar-refractivity contribution is 0.102. The van der Waals surface area contributed by atoms with Crippen LogP contribution in [0.25, 0.3) is 28.0 Å². The van der Waals surface area contributed by atoms with Crippen LogP contribution in [0.15, 0.2) is 67.5 Å². The van der Waals surface area contributed by atoms with Crippen molar-refractivity contribution in [3.63, 3.8) is 0 Å². The minimum atomic E-state index is -0.244. The third kappa shape index (κ3) is 4.33. The number of hydrogen-bond acceptors (Lipinski definition) is 8. The fourth-order valence-corrected chi connectivity index (χ4v) is 4.84. The zero-order valence-corrected chi connectivity index (χ0v) is 20.8. The lowest BCUT2D eigenvalue weighted by Crippen LogP contribution is -2.30. The van der Waals surface area contributed by atoms with E-state index in [-0.39, 0.29) is 11.9 Å². The minimum absolute atomic E-state index is 0.224. The van der Waals surface area contributed by atoms with Gasteiger partial charge in [-0.25, -0.2) is 19.6 Å². The molecule has 5 aromatic rings. The van der Waals surface area contributed by atoms with Crippen LogP contribution in [0.3, 0.4) is 0 Å². The maximum absolute atomic E-state index is 13.0. The Labute approximate surface area is 218 Å². The van der Waals surface area contributed by atoms with Crippen LogP contribution in [0.2, 0.25) is 0 Å². The minimum Gasteiger partial charge on any atom is -0.495 e. The molecule has 4 N–H and O–H groups in total. The van der Waals surface area contributed by atoms with Gasteiger partial charge in [0, 0.05) is 29.2 Å². The molecule has 1 saturated heterocycles. The summed E-state index contributed by atoms with van der Waals surface area (Å²) in [5.74, 6) is 0.637. The SMILES string of the molecule is COc1cc(-c2nn(C3CCNCC3)c3ncnc(N)c23)ccc1NC(=O)c1ccc(-n2ccnc2)cc1. The van der Waals surface area contributed by atoms with Crippen LogP contribution >= 0.6 is 0 Å². The van der Waals surface area contributed by atoms with E-state index < -0.39 is 0 Å². The molecule has 1 aliphatic rings. The molecule has 6 rings (SSSR count). The number of imidazole rings is 1. The normalized spacial score (nSPS) is 14.0. The number of carbonyl (C=O) groups excluding carboxylic acids is 1. The molecule has 0 atom stereocenters. The van der Waals surface area contributed by atoms with E-state index in [9.17, 15) is 4.79 Å². The maximum atomic E-state index is 13.0. The lowest BCUT2D eigenvalue weighted by atomic mass is 10.1. The van der Waals surface area contributed by atoms with Gasteiger partial charge in [0.15, 0.2) is 5.65 Å². The smallest absolute Gasteiger partial charge is 0.255 e. The summed E-state index contributed by atoms with van der Waals surface area (Å²) in [6.07, 6.45) is 8.65. The van der Waals surface area contributed by atoms with Gasteiger partial charge < -0.3 is 25.7 Å². The molecule has 0 saturated carbocycles. The molecule has 3 aromatic heterocycles. The number of nitrogens with one attached hydrogen (secondary N) is 2. The molecule has 0 aliphatic carbocycles. The Kier molecular flexibility index (Phi) is 6.18. The topological polar surface area (TPSA) is 138 Å². The third-order valence-corrected chi connectivity index (χ3v) is 6.83. The van der Waals surface area contributed by atoms with Crippen molar-refractivity contribution in [2.24, 2.45) is 0 Å². The molecule has 0 bridgehead atoms. The van der Waals surface area contributed by atoms with Crippen molar-refractivity contribution in [3.05, 3.63) is 73.1 Å². The number of fused-ring (bicyclic) bond motifs is 1. The van der Waals surface area contributed by atoms with Gasteiger partial charge in [-0.05, 0) is 62.3 Å². The van der Waals surface area contributed by atoms with Crippen molar-refractivity contribution in [1.29, 1.82) is 0 Å². The van der Waals surface area contributed by atoms with Crippen molar-refractivity contribution in [3.8, 4) is 22.7 Å². The fourth-order valence-electron chi connectivity index (χ4n) is 4.84. The zero-order valence-electron chi connectivity index (χ0n) is 20.8. The van der Waals surface area contributed by atoms with Gasteiger partial charge in [-0.15, -0.1) is 0 Å². The molecule has 0 unspecified atom stereocenters.